The van der Waals surface area contributed by atoms with Crippen molar-refractivity contribution in [2.75, 3.05) is 14.1 Å². The monoisotopic (exact) mass is 373 g/mol. The smallest absolute Gasteiger partial charge is 0.345 e. The number of amides is 1. The van der Waals surface area contributed by atoms with Crippen molar-refractivity contribution in [1.82, 2.24) is 4.90 Å². The molecule has 0 fully saturated rings. The highest BCUT2D eigenvalue weighted by atomic mass is 35.5. The Bertz CT molecular complexity index is 747. The Hall–Kier alpha value is -1.66. The SMILES string of the molecule is CN(C)C(=O)c1cccc(CSc2ccc(Cl)c(C(F)(F)F)c2)c1. The molecule has 0 N–H and O–H groups in total. The summed E-state index contributed by atoms with van der Waals surface area (Å²) in [5.74, 6) is 0.334. The van der Waals surface area contributed by atoms with Crippen LogP contribution in [0.4, 0.5) is 13.2 Å². The van der Waals surface area contributed by atoms with Crippen molar-refractivity contribution < 1.29 is 18.0 Å². The molecule has 0 bridgehead atoms. The highest BCUT2D eigenvalue weighted by Gasteiger charge is 2.33. The largest absolute Gasteiger partial charge is 0.417 e. The van der Waals surface area contributed by atoms with Crippen LogP contribution in [0.2, 0.25) is 5.02 Å². The van der Waals surface area contributed by atoms with Crippen LogP contribution in [0, 0.1) is 0 Å². The summed E-state index contributed by atoms with van der Waals surface area (Å²) in [6.07, 6.45) is -4.48. The van der Waals surface area contributed by atoms with E-state index in [9.17, 15) is 18.0 Å². The molecule has 0 atom stereocenters. The third-order valence-electron chi connectivity index (χ3n) is 3.23. The molecule has 24 heavy (non-hydrogen) atoms. The predicted molar refractivity (Wildman–Crippen MR) is 90.5 cm³/mol. The van der Waals surface area contributed by atoms with Crippen LogP contribution in [0.25, 0.3) is 0 Å². The normalized spacial score (nSPS) is 11.4. The van der Waals surface area contributed by atoms with E-state index in [1.54, 1.807) is 38.4 Å². The van der Waals surface area contributed by atoms with Gasteiger partial charge in [-0.25, -0.2) is 0 Å². The number of nitrogens with zero attached hydrogens (tertiary/aromatic N) is 1. The zero-order chi connectivity index (χ0) is 17.9. The van der Waals surface area contributed by atoms with Crippen LogP contribution < -0.4 is 0 Å². The van der Waals surface area contributed by atoms with Gasteiger partial charge < -0.3 is 4.90 Å². The van der Waals surface area contributed by atoms with Crippen LogP contribution in [-0.4, -0.2) is 24.9 Å². The summed E-state index contributed by atoms with van der Waals surface area (Å²) >= 11 is 6.87. The first kappa shape index (κ1) is 18.7. The molecule has 2 rings (SSSR count). The lowest BCUT2D eigenvalue weighted by atomic mass is 10.1. The molecule has 128 valence electrons. The number of hydrogen-bond acceptors (Lipinski definition) is 2. The molecule has 0 aromatic heterocycles. The summed E-state index contributed by atoms with van der Waals surface area (Å²) in [5.41, 5.74) is 0.562. The molecule has 7 heteroatoms. The number of thioether (sulfide) groups is 1. The second-order valence-electron chi connectivity index (χ2n) is 5.33. The standard InChI is InChI=1S/C17H15ClF3NOS/c1-22(2)16(23)12-5-3-4-11(8-12)10-24-13-6-7-15(18)14(9-13)17(19,20)21/h3-9H,10H2,1-2H3. The van der Waals surface area contributed by atoms with E-state index in [0.717, 1.165) is 11.6 Å². The highest BCUT2D eigenvalue weighted by molar-refractivity contribution is 7.98. The van der Waals surface area contributed by atoms with Gasteiger partial charge in [0.15, 0.2) is 0 Å². The maximum Gasteiger partial charge on any atom is 0.417 e. The Morgan fingerprint density at radius 3 is 2.50 bits per heavy atom. The average Bonchev–Trinajstić information content (AvgIpc) is 2.52. The Labute approximate surface area is 147 Å². The first-order chi connectivity index (χ1) is 11.2. The Morgan fingerprint density at radius 1 is 1.17 bits per heavy atom. The minimum absolute atomic E-state index is 0.118. The van der Waals surface area contributed by atoms with Crippen molar-refractivity contribution >= 4 is 29.3 Å². The lowest BCUT2D eigenvalue weighted by Gasteiger charge is -2.12. The third-order valence-corrected chi connectivity index (χ3v) is 4.62. The van der Waals surface area contributed by atoms with Gasteiger partial charge in [-0.3, -0.25) is 4.79 Å². The molecule has 0 spiro atoms. The number of carbonyl (C=O) groups excluding carboxylic acids is 1. The topological polar surface area (TPSA) is 20.3 Å². The van der Waals surface area contributed by atoms with Crippen molar-refractivity contribution in [1.29, 1.82) is 0 Å². The van der Waals surface area contributed by atoms with E-state index < -0.39 is 11.7 Å². The minimum atomic E-state index is -4.48. The Kier molecular flexibility index (Phi) is 5.83. The van der Waals surface area contributed by atoms with E-state index in [4.69, 9.17) is 11.6 Å². The zero-order valence-corrected chi connectivity index (χ0v) is 14.6. The van der Waals surface area contributed by atoms with Gasteiger partial charge in [0, 0.05) is 30.3 Å². The van der Waals surface area contributed by atoms with Crippen molar-refractivity contribution in [2.45, 2.75) is 16.8 Å². The van der Waals surface area contributed by atoms with Crippen LogP contribution in [0.5, 0.6) is 0 Å². The molecule has 0 heterocycles. The van der Waals surface area contributed by atoms with Crippen molar-refractivity contribution in [2.24, 2.45) is 0 Å². The van der Waals surface area contributed by atoms with Crippen LogP contribution in [0.15, 0.2) is 47.4 Å². The number of benzene rings is 2. The first-order valence-corrected chi connectivity index (χ1v) is 8.35. The van der Waals surface area contributed by atoms with Gasteiger partial charge >= 0.3 is 6.18 Å². The van der Waals surface area contributed by atoms with E-state index in [1.165, 1.54) is 22.7 Å². The maximum atomic E-state index is 12.9. The number of hydrogen-bond donors (Lipinski definition) is 0. The molecule has 0 saturated heterocycles. The lowest BCUT2D eigenvalue weighted by molar-refractivity contribution is -0.137. The highest BCUT2D eigenvalue weighted by Crippen LogP contribution is 2.37. The van der Waals surface area contributed by atoms with E-state index >= 15 is 0 Å². The van der Waals surface area contributed by atoms with Crippen molar-refractivity contribution in [3.63, 3.8) is 0 Å². The molecule has 0 radical (unpaired) electrons. The minimum Gasteiger partial charge on any atom is -0.345 e. The summed E-state index contributed by atoms with van der Waals surface area (Å²) in [7, 11) is 3.33. The maximum absolute atomic E-state index is 12.9. The summed E-state index contributed by atoms with van der Waals surface area (Å²) in [4.78, 5) is 13.9. The Morgan fingerprint density at radius 2 is 1.88 bits per heavy atom. The average molecular weight is 374 g/mol. The number of rotatable bonds is 4. The van der Waals surface area contributed by atoms with Gasteiger partial charge in [0.05, 0.1) is 10.6 Å². The zero-order valence-electron chi connectivity index (χ0n) is 13.0. The molecular weight excluding hydrogens is 359 g/mol. The van der Waals surface area contributed by atoms with Gasteiger partial charge in [0.2, 0.25) is 0 Å². The molecule has 0 unspecified atom stereocenters. The van der Waals surface area contributed by atoms with Gasteiger partial charge in [-0.05, 0) is 35.9 Å². The molecule has 1 amide bonds. The quantitative estimate of drug-likeness (QED) is 0.673. The van der Waals surface area contributed by atoms with Crippen LogP contribution >= 0.6 is 23.4 Å². The fourth-order valence-corrected chi connectivity index (χ4v) is 3.13. The van der Waals surface area contributed by atoms with Gasteiger partial charge in [-0.2, -0.15) is 13.2 Å². The summed E-state index contributed by atoms with van der Waals surface area (Å²) < 4.78 is 38.6. The van der Waals surface area contributed by atoms with Crippen molar-refractivity contribution in [3.05, 3.63) is 64.2 Å². The second kappa shape index (κ2) is 7.49. The first-order valence-electron chi connectivity index (χ1n) is 6.98. The lowest BCUT2D eigenvalue weighted by Crippen LogP contribution is -2.21. The summed E-state index contributed by atoms with van der Waals surface area (Å²) in [6, 6.07) is 10.9. The number of carbonyl (C=O) groups is 1. The second-order valence-corrected chi connectivity index (χ2v) is 6.78. The molecule has 2 aromatic carbocycles. The number of alkyl halides is 3. The van der Waals surface area contributed by atoms with Crippen LogP contribution in [-0.2, 0) is 11.9 Å². The predicted octanol–water partition coefficient (Wildman–Crippen LogP) is 5.35. The summed E-state index contributed by atoms with van der Waals surface area (Å²) in [5, 5.41) is -0.314. The molecule has 0 aliphatic heterocycles. The molecule has 0 saturated carbocycles. The van der Waals surface area contributed by atoms with E-state index in [-0.39, 0.29) is 10.9 Å². The van der Waals surface area contributed by atoms with E-state index in [0.29, 0.717) is 16.2 Å². The molecule has 2 nitrogen and oxygen atoms in total. The number of halogens is 4. The van der Waals surface area contributed by atoms with Gasteiger partial charge in [0.25, 0.3) is 5.91 Å². The fraction of sp³-hybridized carbons (Fsp3) is 0.235. The van der Waals surface area contributed by atoms with Crippen LogP contribution in [0.1, 0.15) is 21.5 Å². The van der Waals surface area contributed by atoms with Gasteiger partial charge in [-0.15, -0.1) is 11.8 Å². The van der Waals surface area contributed by atoms with Crippen molar-refractivity contribution in [3.8, 4) is 0 Å². The fourth-order valence-electron chi connectivity index (χ4n) is 2.03. The van der Waals surface area contributed by atoms with E-state index in [2.05, 4.69) is 0 Å². The van der Waals surface area contributed by atoms with Crippen LogP contribution in [0.3, 0.4) is 0 Å². The summed E-state index contributed by atoms with van der Waals surface area (Å²) in [6.45, 7) is 0. The molecular formula is C17H15ClF3NOS. The van der Waals surface area contributed by atoms with Gasteiger partial charge in [0.1, 0.15) is 0 Å². The molecule has 0 aliphatic rings. The molecule has 0 aliphatic carbocycles. The van der Waals surface area contributed by atoms with E-state index in [1.807, 2.05) is 6.07 Å². The Balaban J connectivity index is 2.14. The molecule has 2 aromatic rings. The third kappa shape index (κ3) is 4.68. The van der Waals surface area contributed by atoms with Gasteiger partial charge in [-0.1, -0.05) is 23.7 Å².